The Morgan fingerprint density at radius 1 is 1.53 bits per heavy atom. The Labute approximate surface area is 114 Å². The summed E-state index contributed by atoms with van der Waals surface area (Å²) in [5.74, 6) is 0.884. The predicted molar refractivity (Wildman–Crippen MR) is 70.6 cm³/mol. The fourth-order valence-electron chi connectivity index (χ4n) is 1.47. The maximum absolute atomic E-state index is 6.09. The Morgan fingerprint density at radius 2 is 2.29 bits per heavy atom. The minimum Gasteiger partial charge on any atom is -0.320 e. The molecule has 0 aliphatic carbocycles. The van der Waals surface area contributed by atoms with Gasteiger partial charge in [-0.2, -0.15) is 0 Å². The second-order valence-electron chi connectivity index (χ2n) is 3.74. The highest BCUT2D eigenvalue weighted by atomic mass is 35.5. The lowest BCUT2D eigenvalue weighted by Gasteiger charge is -2.12. The second-order valence-corrected chi connectivity index (χ2v) is 6.03. The molecule has 2 heterocycles. The molecule has 1 unspecified atom stereocenters. The van der Waals surface area contributed by atoms with Crippen molar-refractivity contribution in [1.29, 1.82) is 0 Å². The molecule has 2 aromatic heterocycles. The van der Waals surface area contributed by atoms with Gasteiger partial charge >= 0.3 is 0 Å². The summed E-state index contributed by atoms with van der Waals surface area (Å²) in [5, 5.41) is 11.2. The van der Waals surface area contributed by atoms with E-state index in [9.17, 15) is 0 Å². The van der Waals surface area contributed by atoms with E-state index in [4.69, 9.17) is 23.2 Å². The first-order chi connectivity index (χ1) is 8.08. The van der Waals surface area contributed by atoms with Gasteiger partial charge in [-0.25, -0.2) is 0 Å². The predicted octanol–water partition coefficient (Wildman–Crippen LogP) is 3.03. The lowest BCUT2D eigenvalue weighted by Crippen LogP contribution is -2.20. The first-order valence-corrected chi connectivity index (χ1v) is 6.66. The van der Waals surface area contributed by atoms with Crippen molar-refractivity contribution in [3.63, 3.8) is 0 Å². The highest BCUT2D eigenvalue weighted by Crippen LogP contribution is 2.34. The summed E-state index contributed by atoms with van der Waals surface area (Å²) in [4.78, 5) is 0. The Kier molecular flexibility index (Phi) is 4.04. The van der Waals surface area contributed by atoms with Crippen LogP contribution in [0.15, 0.2) is 12.4 Å². The van der Waals surface area contributed by atoms with E-state index in [2.05, 4.69) is 15.5 Å². The number of aryl methyl sites for hydroxylation is 1. The van der Waals surface area contributed by atoms with Crippen molar-refractivity contribution < 1.29 is 0 Å². The highest BCUT2D eigenvalue weighted by Gasteiger charge is 2.13. The van der Waals surface area contributed by atoms with Crippen molar-refractivity contribution in [3.05, 3.63) is 32.5 Å². The Balaban J connectivity index is 2.00. The number of nitrogens with zero attached hydrogens (tertiary/aromatic N) is 3. The van der Waals surface area contributed by atoms with Gasteiger partial charge in [-0.1, -0.05) is 23.2 Å². The molecule has 2 rings (SSSR count). The fraction of sp³-hybridized carbons (Fsp3) is 0.400. The van der Waals surface area contributed by atoms with Crippen LogP contribution in [0.4, 0.5) is 0 Å². The summed E-state index contributed by atoms with van der Waals surface area (Å²) >= 11 is 13.4. The minimum atomic E-state index is 0.128. The van der Waals surface area contributed by atoms with Crippen LogP contribution < -0.4 is 5.32 Å². The molecule has 0 fully saturated rings. The van der Waals surface area contributed by atoms with E-state index in [1.165, 1.54) is 11.3 Å². The summed E-state index contributed by atoms with van der Waals surface area (Å²) in [6, 6.07) is 2.02. The number of thiophene rings is 1. The van der Waals surface area contributed by atoms with Crippen LogP contribution in [0.3, 0.4) is 0 Å². The molecule has 1 N–H and O–H groups in total. The Bertz CT molecular complexity index is 508. The normalized spacial score (nSPS) is 12.9. The molecule has 0 aliphatic heterocycles. The molecule has 0 aliphatic rings. The summed E-state index contributed by atoms with van der Waals surface area (Å²) in [6.45, 7) is 2.68. The van der Waals surface area contributed by atoms with Crippen molar-refractivity contribution in [2.24, 2.45) is 7.05 Å². The molecule has 0 saturated heterocycles. The fourth-order valence-corrected chi connectivity index (χ4v) is 3.12. The maximum atomic E-state index is 6.09. The quantitative estimate of drug-likeness (QED) is 0.941. The van der Waals surface area contributed by atoms with Crippen molar-refractivity contribution >= 4 is 34.5 Å². The smallest absolute Gasteiger partial charge is 0.146 e. The van der Waals surface area contributed by atoms with Crippen molar-refractivity contribution in [2.75, 3.05) is 0 Å². The lowest BCUT2D eigenvalue weighted by atomic mass is 10.2. The lowest BCUT2D eigenvalue weighted by molar-refractivity contribution is 0.549. The topological polar surface area (TPSA) is 42.7 Å². The summed E-state index contributed by atoms with van der Waals surface area (Å²) in [6.07, 6.45) is 1.68. The number of aromatic nitrogens is 3. The van der Waals surface area contributed by atoms with Gasteiger partial charge in [0, 0.05) is 13.1 Å². The van der Waals surface area contributed by atoms with E-state index in [1.54, 1.807) is 6.33 Å². The molecule has 0 saturated carbocycles. The zero-order chi connectivity index (χ0) is 12.4. The zero-order valence-electron chi connectivity index (χ0n) is 9.44. The summed E-state index contributed by atoms with van der Waals surface area (Å²) in [5.41, 5.74) is 1.02. The van der Waals surface area contributed by atoms with Crippen molar-refractivity contribution in [3.8, 4) is 0 Å². The zero-order valence-corrected chi connectivity index (χ0v) is 11.8. The van der Waals surface area contributed by atoms with Crippen LogP contribution in [-0.2, 0) is 13.6 Å². The number of hydrogen-bond acceptors (Lipinski definition) is 4. The molecule has 7 heteroatoms. The highest BCUT2D eigenvalue weighted by molar-refractivity contribution is 7.20. The Hall–Kier alpha value is -0.620. The molecule has 17 heavy (non-hydrogen) atoms. The van der Waals surface area contributed by atoms with Crippen LogP contribution in [0.2, 0.25) is 8.67 Å². The number of hydrogen-bond donors (Lipinski definition) is 1. The minimum absolute atomic E-state index is 0.128. The first kappa shape index (κ1) is 12.8. The Morgan fingerprint density at radius 3 is 2.82 bits per heavy atom. The third-order valence-corrected chi connectivity index (χ3v) is 4.04. The molecule has 0 amide bonds. The van der Waals surface area contributed by atoms with Gasteiger partial charge < -0.3 is 9.88 Å². The first-order valence-electron chi connectivity index (χ1n) is 5.09. The van der Waals surface area contributed by atoms with Crippen LogP contribution in [0.1, 0.15) is 24.4 Å². The van der Waals surface area contributed by atoms with Gasteiger partial charge in [0.15, 0.2) is 0 Å². The van der Waals surface area contributed by atoms with Crippen molar-refractivity contribution in [2.45, 2.75) is 19.5 Å². The van der Waals surface area contributed by atoms with E-state index in [0.29, 0.717) is 10.9 Å². The largest absolute Gasteiger partial charge is 0.320 e. The third kappa shape index (κ3) is 2.98. The summed E-state index contributed by atoms with van der Waals surface area (Å²) < 4.78 is 3.31. The van der Waals surface area contributed by atoms with E-state index < -0.39 is 0 Å². The van der Waals surface area contributed by atoms with Crippen LogP contribution in [-0.4, -0.2) is 14.8 Å². The van der Waals surface area contributed by atoms with Crippen LogP contribution in [0.5, 0.6) is 0 Å². The number of nitrogens with one attached hydrogen (secondary N) is 1. The monoisotopic (exact) mass is 290 g/mol. The molecule has 0 spiro atoms. The van der Waals surface area contributed by atoms with E-state index >= 15 is 0 Å². The standard InChI is InChI=1S/C10H12Cl2N4S/c1-6(7-3-8(11)17-10(7)12)13-4-9-15-14-5-16(9)2/h3,5-6,13H,4H2,1-2H3. The molecule has 2 aromatic rings. The second kappa shape index (κ2) is 5.35. The van der Waals surface area contributed by atoms with E-state index in [0.717, 1.165) is 15.7 Å². The van der Waals surface area contributed by atoms with Gasteiger partial charge in [0.1, 0.15) is 12.2 Å². The average molecular weight is 291 g/mol. The third-order valence-electron chi connectivity index (χ3n) is 2.52. The van der Waals surface area contributed by atoms with Crippen LogP contribution in [0, 0.1) is 0 Å². The van der Waals surface area contributed by atoms with Gasteiger partial charge in [0.05, 0.1) is 15.2 Å². The average Bonchev–Trinajstić information content (AvgIpc) is 2.81. The summed E-state index contributed by atoms with van der Waals surface area (Å²) in [7, 11) is 1.91. The maximum Gasteiger partial charge on any atom is 0.146 e. The van der Waals surface area contributed by atoms with Gasteiger partial charge in [-0.05, 0) is 18.6 Å². The van der Waals surface area contributed by atoms with Crippen molar-refractivity contribution in [1.82, 2.24) is 20.1 Å². The molecule has 4 nitrogen and oxygen atoms in total. The molecule has 0 radical (unpaired) electrons. The molecule has 92 valence electrons. The van der Waals surface area contributed by atoms with Crippen LogP contribution >= 0.6 is 34.5 Å². The van der Waals surface area contributed by atoms with Gasteiger partial charge in [0.2, 0.25) is 0 Å². The molecule has 1 atom stereocenters. The molecule has 0 bridgehead atoms. The molecular weight excluding hydrogens is 279 g/mol. The van der Waals surface area contributed by atoms with E-state index in [-0.39, 0.29) is 6.04 Å². The molecular formula is C10H12Cl2N4S. The van der Waals surface area contributed by atoms with Gasteiger partial charge in [-0.3, -0.25) is 0 Å². The SMILES string of the molecule is CC(NCc1nncn1C)c1cc(Cl)sc1Cl. The number of rotatable bonds is 4. The molecule has 0 aromatic carbocycles. The van der Waals surface area contributed by atoms with Gasteiger partial charge in [-0.15, -0.1) is 21.5 Å². The van der Waals surface area contributed by atoms with Gasteiger partial charge in [0.25, 0.3) is 0 Å². The van der Waals surface area contributed by atoms with E-state index in [1.807, 2.05) is 24.6 Å². The number of halogens is 2. The van der Waals surface area contributed by atoms with Crippen LogP contribution in [0.25, 0.3) is 0 Å².